The highest BCUT2D eigenvalue weighted by atomic mass is 32.1. The van der Waals surface area contributed by atoms with Crippen molar-refractivity contribution in [3.8, 4) is 9.88 Å². The number of fused-ring (bicyclic) bond motifs is 4. The van der Waals surface area contributed by atoms with E-state index in [1.165, 1.54) is 0 Å². The highest BCUT2D eigenvalue weighted by molar-refractivity contribution is 7.20. The molecule has 2 bridgehead atoms. The third-order valence-electron chi connectivity index (χ3n) is 5.47. The molecule has 1 fully saturated rings. The molecule has 3 aromatic heterocycles. The van der Waals surface area contributed by atoms with Crippen LogP contribution in [0.15, 0.2) is 39.8 Å². The van der Waals surface area contributed by atoms with Crippen molar-refractivity contribution in [3.05, 3.63) is 62.3 Å². The first-order valence-electron chi connectivity index (χ1n) is 9.40. The van der Waals surface area contributed by atoms with Crippen molar-refractivity contribution in [2.75, 3.05) is 13.1 Å². The van der Waals surface area contributed by atoms with Crippen molar-refractivity contribution in [1.29, 1.82) is 0 Å². The number of nitrogens with zero attached hydrogens (tertiary/aromatic N) is 2. The minimum absolute atomic E-state index is 0.177. The minimum atomic E-state index is -0.333. The number of carbonyl (C=O) groups is 1. The first-order valence-corrected chi connectivity index (χ1v) is 11.2. The van der Waals surface area contributed by atoms with Crippen LogP contribution in [-0.2, 0) is 13.1 Å². The van der Waals surface area contributed by atoms with E-state index < -0.39 is 0 Å². The lowest BCUT2D eigenvalue weighted by Gasteiger charge is -2.37. The molecule has 0 radical (unpaired) electrons. The summed E-state index contributed by atoms with van der Waals surface area (Å²) in [5, 5.41) is 11.2. The Morgan fingerprint density at radius 2 is 2.21 bits per heavy atom. The Balaban J connectivity index is 1.32. The third kappa shape index (κ3) is 3.21. The Bertz CT molecular complexity index is 1070. The zero-order chi connectivity index (χ0) is 19.1. The minimum Gasteiger partial charge on any atom is -0.346 e. The fraction of sp³-hybridized carbons (Fsp3) is 0.350. The Morgan fingerprint density at radius 1 is 1.29 bits per heavy atom. The molecule has 2 aliphatic heterocycles. The molecule has 0 spiro atoms. The van der Waals surface area contributed by atoms with Gasteiger partial charge in [-0.05, 0) is 42.5 Å². The number of amides is 1. The molecule has 28 heavy (non-hydrogen) atoms. The quantitative estimate of drug-likeness (QED) is 0.691. The Hall–Kier alpha value is -2.29. The molecular formula is C20H20N4O2S2. The fourth-order valence-corrected chi connectivity index (χ4v) is 5.77. The number of pyridine rings is 1. The molecular weight excluding hydrogens is 392 g/mol. The van der Waals surface area contributed by atoms with E-state index in [0.717, 1.165) is 40.8 Å². The lowest BCUT2D eigenvalue weighted by Crippen LogP contribution is -2.46. The Kier molecular flexibility index (Phi) is 4.62. The van der Waals surface area contributed by atoms with Crippen molar-refractivity contribution in [3.63, 3.8) is 0 Å². The first kappa shape index (κ1) is 17.8. The van der Waals surface area contributed by atoms with E-state index in [-0.39, 0.29) is 17.0 Å². The largest absolute Gasteiger partial charge is 0.346 e. The zero-order valence-electron chi connectivity index (χ0n) is 15.2. The number of aromatic nitrogens is 2. The van der Waals surface area contributed by atoms with Gasteiger partial charge in [-0.3, -0.25) is 9.59 Å². The van der Waals surface area contributed by atoms with E-state index in [4.69, 9.17) is 0 Å². The summed E-state index contributed by atoms with van der Waals surface area (Å²) >= 11 is 3.21. The van der Waals surface area contributed by atoms with Gasteiger partial charge in [-0.15, -0.1) is 22.7 Å². The lowest BCUT2D eigenvalue weighted by atomic mass is 9.84. The number of thiophene rings is 1. The van der Waals surface area contributed by atoms with Gasteiger partial charge in [0.1, 0.15) is 10.6 Å². The third-order valence-corrected chi connectivity index (χ3v) is 7.40. The van der Waals surface area contributed by atoms with Crippen LogP contribution in [0.25, 0.3) is 9.88 Å². The van der Waals surface area contributed by atoms with Crippen molar-refractivity contribution >= 4 is 28.6 Å². The van der Waals surface area contributed by atoms with E-state index in [9.17, 15) is 9.59 Å². The van der Waals surface area contributed by atoms with Gasteiger partial charge >= 0.3 is 0 Å². The predicted octanol–water partition coefficient (Wildman–Crippen LogP) is 2.67. The second-order valence-electron chi connectivity index (χ2n) is 7.35. The SMILES string of the molecule is O=C(NCc1csc(-c2cccs2)n1)c1ccc2n(c1=O)C[C@@H]1CNC[C@H]2C1. The molecule has 5 heterocycles. The maximum atomic E-state index is 12.9. The molecule has 0 saturated carbocycles. The smallest absolute Gasteiger partial charge is 0.263 e. The molecule has 5 rings (SSSR count). The van der Waals surface area contributed by atoms with Crippen molar-refractivity contribution in [2.24, 2.45) is 5.92 Å². The molecule has 0 aliphatic carbocycles. The van der Waals surface area contributed by atoms with Gasteiger partial charge in [0.2, 0.25) is 0 Å². The van der Waals surface area contributed by atoms with Crippen LogP contribution in [0.2, 0.25) is 0 Å². The molecule has 0 aromatic carbocycles. The van der Waals surface area contributed by atoms with E-state index in [2.05, 4.69) is 15.6 Å². The number of rotatable bonds is 4. The standard InChI is InChI=1S/C20H20N4O2S2/c25-18(22-9-14-11-28-19(23-14)17-2-1-5-27-17)15-3-4-16-13-6-12(7-21-8-13)10-24(16)20(15)26/h1-5,11-13,21H,6-10H2,(H,22,25)/t12-,13+/m0/s1. The predicted molar refractivity (Wildman–Crippen MR) is 111 cm³/mol. The molecule has 2 N–H and O–H groups in total. The normalized spacial score (nSPS) is 20.6. The van der Waals surface area contributed by atoms with Gasteiger partial charge in [-0.25, -0.2) is 4.98 Å². The van der Waals surface area contributed by atoms with Crippen LogP contribution in [0, 0.1) is 5.92 Å². The van der Waals surface area contributed by atoms with Gasteiger partial charge in [0, 0.05) is 30.1 Å². The van der Waals surface area contributed by atoms with Gasteiger partial charge < -0.3 is 15.2 Å². The van der Waals surface area contributed by atoms with E-state index in [0.29, 0.717) is 24.9 Å². The van der Waals surface area contributed by atoms with Crippen molar-refractivity contribution < 1.29 is 4.79 Å². The first-order chi connectivity index (χ1) is 13.7. The number of hydrogen-bond donors (Lipinski definition) is 2. The summed E-state index contributed by atoms with van der Waals surface area (Å²) in [6.45, 7) is 2.85. The Labute approximate surface area is 170 Å². The number of hydrogen-bond acceptors (Lipinski definition) is 6. The maximum Gasteiger partial charge on any atom is 0.263 e. The molecule has 144 valence electrons. The van der Waals surface area contributed by atoms with Crippen molar-refractivity contribution in [1.82, 2.24) is 20.2 Å². The van der Waals surface area contributed by atoms with Gasteiger partial charge in [-0.2, -0.15) is 0 Å². The molecule has 0 unspecified atom stereocenters. The van der Waals surface area contributed by atoms with Gasteiger partial charge in [0.25, 0.3) is 11.5 Å². The highest BCUT2D eigenvalue weighted by Gasteiger charge is 2.31. The fourth-order valence-electron chi connectivity index (χ4n) is 4.13. The summed E-state index contributed by atoms with van der Waals surface area (Å²) in [5.74, 6) is 0.496. The molecule has 2 aliphatic rings. The molecule has 1 saturated heterocycles. The molecule has 6 nitrogen and oxygen atoms in total. The molecule has 8 heteroatoms. The van der Waals surface area contributed by atoms with Crippen LogP contribution in [0.3, 0.4) is 0 Å². The van der Waals surface area contributed by atoms with Gasteiger partial charge in [0.15, 0.2) is 0 Å². The van der Waals surface area contributed by atoms with Crippen molar-refractivity contribution in [2.45, 2.75) is 25.4 Å². The van der Waals surface area contributed by atoms with Crippen LogP contribution >= 0.6 is 22.7 Å². The van der Waals surface area contributed by atoms with E-state index in [1.54, 1.807) is 28.7 Å². The van der Waals surface area contributed by atoms with Crippen LogP contribution in [-0.4, -0.2) is 28.5 Å². The van der Waals surface area contributed by atoms with Crippen LogP contribution < -0.4 is 16.2 Å². The summed E-state index contributed by atoms with van der Waals surface area (Å²) < 4.78 is 1.81. The number of nitrogens with one attached hydrogen (secondary N) is 2. The lowest BCUT2D eigenvalue weighted by molar-refractivity contribution is 0.0947. The van der Waals surface area contributed by atoms with Crippen LogP contribution in [0.1, 0.15) is 34.1 Å². The number of carbonyl (C=O) groups excluding carboxylic acids is 1. The van der Waals surface area contributed by atoms with Gasteiger partial charge in [0.05, 0.1) is 17.1 Å². The average molecular weight is 413 g/mol. The van der Waals surface area contributed by atoms with Crippen LogP contribution in [0.5, 0.6) is 0 Å². The Morgan fingerprint density at radius 3 is 3.07 bits per heavy atom. The average Bonchev–Trinajstić information content (AvgIpc) is 3.39. The molecule has 3 aromatic rings. The summed E-state index contributed by atoms with van der Waals surface area (Å²) in [6, 6.07) is 7.65. The molecule has 2 atom stereocenters. The summed E-state index contributed by atoms with van der Waals surface area (Å²) in [7, 11) is 0. The monoisotopic (exact) mass is 412 g/mol. The summed E-state index contributed by atoms with van der Waals surface area (Å²) in [5.41, 5.74) is 1.89. The zero-order valence-corrected chi connectivity index (χ0v) is 16.8. The van der Waals surface area contributed by atoms with E-state index >= 15 is 0 Å². The van der Waals surface area contributed by atoms with E-state index in [1.807, 2.05) is 33.5 Å². The van der Waals surface area contributed by atoms with Crippen LogP contribution in [0.4, 0.5) is 0 Å². The summed E-state index contributed by atoms with van der Waals surface area (Å²) in [6.07, 6.45) is 1.12. The second-order valence-corrected chi connectivity index (χ2v) is 9.15. The summed E-state index contributed by atoms with van der Waals surface area (Å²) in [4.78, 5) is 31.3. The molecule has 1 amide bonds. The highest BCUT2D eigenvalue weighted by Crippen LogP contribution is 2.31. The van der Waals surface area contributed by atoms with Gasteiger partial charge in [-0.1, -0.05) is 6.07 Å². The maximum absolute atomic E-state index is 12.9. The second kappa shape index (κ2) is 7.27. The topological polar surface area (TPSA) is 76.0 Å². The number of thiazole rings is 1. The number of piperidine rings is 1.